The molecule has 0 aromatic heterocycles. The van der Waals surface area contributed by atoms with Crippen LogP contribution in [0.4, 0.5) is 0 Å². The molecule has 0 aromatic rings. The lowest BCUT2D eigenvalue weighted by Crippen LogP contribution is -2.44. The van der Waals surface area contributed by atoms with Crippen LogP contribution >= 0.6 is 0 Å². The van der Waals surface area contributed by atoms with Crippen LogP contribution in [0.3, 0.4) is 0 Å². The lowest BCUT2D eigenvalue weighted by atomic mass is 9.85. The first kappa shape index (κ1) is 13.9. The highest BCUT2D eigenvalue weighted by Crippen LogP contribution is 2.20. The van der Waals surface area contributed by atoms with Crippen molar-refractivity contribution < 1.29 is 5.11 Å². The molecule has 1 atom stereocenters. The smallest absolute Gasteiger partial charge is 0.0443 e. The van der Waals surface area contributed by atoms with Gasteiger partial charge in [0.1, 0.15) is 0 Å². The summed E-state index contributed by atoms with van der Waals surface area (Å²) in [7, 11) is 0. The normalized spacial score (nSPS) is 14.8. The van der Waals surface area contributed by atoms with Gasteiger partial charge in [0, 0.05) is 25.7 Å². The van der Waals surface area contributed by atoms with Crippen LogP contribution in [-0.2, 0) is 0 Å². The lowest BCUT2D eigenvalue weighted by molar-refractivity contribution is 0.151. The van der Waals surface area contributed by atoms with E-state index in [9.17, 15) is 0 Å². The molecule has 0 saturated heterocycles. The van der Waals surface area contributed by atoms with E-state index < -0.39 is 0 Å². The summed E-state index contributed by atoms with van der Waals surface area (Å²) in [4.78, 5) is 2.35. The topological polar surface area (TPSA) is 49.5 Å². The Kier molecular flexibility index (Phi) is 6.33. The van der Waals surface area contributed by atoms with Crippen LogP contribution in [0.25, 0.3) is 0 Å². The number of hydrogen-bond donors (Lipinski definition) is 2. The van der Waals surface area contributed by atoms with Gasteiger partial charge < -0.3 is 15.7 Å². The van der Waals surface area contributed by atoms with Gasteiger partial charge in [0.25, 0.3) is 0 Å². The molecule has 0 aliphatic carbocycles. The third-order valence-electron chi connectivity index (χ3n) is 2.94. The first-order valence-corrected chi connectivity index (χ1v) is 5.52. The number of nitrogens with zero attached hydrogens (tertiary/aromatic N) is 1. The van der Waals surface area contributed by atoms with E-state index in [1.54, 1.807) is 0 Å². The Morgan fingerprint density at radius 3 is 2.36 bits per heavy atom. The average molecular weight is 202 g/mol. The fourth-order valence-electron chi connectivity index (χ4n) is 1.36. The van der Waals surface area contributed by atoms with Crippen LogP contribution in [0.1, 0.15) is 34.1 Å². The van der Waals surface area contributed by atoms with Crippen molar-refractivity contribution in [3.8, 4) is 0 Å². The number of nitrogens with two attached hydrogens (primary N) is 1. The molecule has 0 spiro atoms. The fraction of sp³-hybridized carbons (Fsp3) is 1.00. The SMILES string of the molecule is CCN(CCCO)CC(C)(C)C(C)N. The van der Waals surface area contributed by atoms with E-state index in [2.05, 4.69) is 32.6 Å². The van der Waals surface area contributed by atoms with E-state index in [1.165, 1.54) is 0 Å². The molecule has 0 radical (unpaired) electrons. The Morgan fingerprint density at radius 2 is 2.00 bits per heavy atom. The molecule has 14 heavy (non-hydrogen) atoms. The molecule has 0 saturated carbocycles. The van der Waals surface area contributed by atoms with Crippen LogP contribution in [0.5, 0.6) is 0 Å². The second-order valence-electron chi connectivity index (χ2n) is 4.72. The van der Waals surface area contributed by atoms with E-state index in [1.807, 2.05) is 0 Å². The summed E-state index contributed by atoms with van der Waals surface area (Å²) in [5.41, 5.74) is 6.07. The highest BCUT2D eigenvalue weighted by Gasteiger charge is 2.24. The van der Waals surface area contributed by atoms with Gasteiger partial charge in [0.2, 0.25) is 0 Å². The van der Waals surface area contributed by atoms with Gasteiger partial charge in [-0.2, -0.15) is 0 Å². The number of aliphatic hydroxyl groups is 1. The molecule has 0 aliphatic rings. The minimum absolute atomic E-state index is 0.144. The summed E-state index contributed by atoms with van der Waals surface area (Å²) in [5.74, 6) is 0. The lowest BCUT2D eigenvalue weighted by Gasteiger charge is -2.35. The third-order valence-corrected chi connectivity index (χ3v) is 2.94. The van der Waals surface area contributed by atoms with Gasteiger partial charge in [0.15, 0.2) is 0 Å². The summed E-state index contributed by atoms with van der Waals surface area (Å²) in [6, 6.07) is 0.200. The first-order chi connectivity index (χ1) is 6.44. The largest absolute Gasteiger partial charge is 0.396 e. The number of rotatable bonds is 7. The van der Waals surface area contributed by atoms with Crippen LogP contribution < -0.4 is 5.73 Å². The third kappa shape index (κ3) is 4.94. The fourth-order valence-corrected chi connectivity index (χ4v) is 1.36. The monoisotopic (exact) mass is 202 g/mol. The highest BCUT2D eigenvalue weighted by molar-refractivity contribution is 4.81. The molecule has 3 heteroatoms. The molecule has 0 bridgehead atoms. The first-order valence-electron chi connectivity index (χ1n) is 5.52. The maximum atomic E-state index is 8.77. The van der Waals surface area contributed by atoms with E-state index in [-0.39, 0.29) is 18.1 Å². The Hall–Kier alpha value is -0.120. The molecular weight excluding hydrogens is 176 g/mol. The molecule has 86 valence electrons. The zero-order chi connectivity index (χ0) is 11.2. The van der Waals surface area contributed by atoms with Crippen molar-refractivity contribution in [3.05, 3.63) is 0 Å². The molecule has 1 unspecified atom stereocenters. The molecule has 0 aromatic carbocycles. The van der Waals surface area contributed by atoms with Crippen LogP contribution in [0.15, 0.2) is 0 Å². The molecule has 0 amide bonds. The Balaban J connectivity index is 4.02. The van der Waals surface area contributed by atoms with E-state index in [0.717, 1.165) is 26.1 Å². The summed E-state index contributed by atoms with van der Waals surface area (Å²) in [6.45, 7) is 11.8. The van der Waals surface area contributed by atoms with Crippen molar-refractivity contribution in [1.29, 1.82) is 0 Å². The van der Waals surface area contributed by atoms with Gasteiger partial charge in [-0.15, -0.1) is 0 Å². The zero-order valence-corrected chi connectivity index (χ0v) is 10.1. The molecular formula is C11H26N2O. The molecule has 3 nitrogen and oxygen atoms in total. The van der Waals surface area contributed by atoms with E-state index in [0.29, 0.717) is 0 Å². The molecule has 3 N–H and O–H groups in total. The Bertz CT molecular complexity index is 146. The van der Waals surface area contributed by atoms with Crippen LogP contribution in [-0.4, -0.2) is 42.3 Å². The summed E-state index contributed by atoms with van der Waals surface area (Å²) in [6.07, 6.45) is 0.850. The second-order valence-corrected chi connectivity index (χ2v) is 4.72. The maximum Gasteiger partial charge on any atom is 0.0443 e. The Morgan fingerprint density at radius 1 is 1.43 bits per heavy atom. The summed E-state index contributed by atoms with van der Waals surface area (Å²) in [5, 5.41) is 8.77. The second kappa shape index (κ2) is 6.38. The van der Waals surface area contributed by atoms with Crippen molar-refractivity contribution >= 4 is 0 Å². The van der Waals surface area contributed by atoms with Gasteiger partial charge in [-0.05, 0) is 25.3 Å². The van der Waals surface area contributed by atoms with Crippen LogP contribution in [0.2, 0.25) is 0 Å². The minimum Gasteiger partial charge on any atom is -0.396 e. The van der Waals surface area contributed by atoms with Crippen molar-refractivity contribution in [1.82, 2.24) is 4.90 Å². The molecule has 0 fully saturated rings. The number of aliphatic hydroxyl groups excluding tert-OH is 1. The van der Waals surface area contributed by atoms with Crippen molar-refractivity contribution in [2.24, 2.45) is 11.1 Å². The Labute approximate surface area is 88.3 Å². The van der Waals surface area contributed by atoms with Gasteiger partial charge in [0.05, 0.1) is 0 Å². The highest BCUT2D eigenvalue weighted by atomic mass is 16.3. The van der Waals surface area contributed by atoms with Crippen molar-refractivity contribution in [3.63, 3.8) is 0 Å². The summed E-state index contributed by atoms with van der Waals surface area (Å²) < 4.78 is 0. The van der Waals surface area contributed by atoms with Gasteiger partial charge >= 0.3 is 0 Å². The quantitative estimate of drug-likeness (QED) is 0.649. The number of hydrogen-bond acceptors (Lipinski definition) is 3. The maximum absolute atomic E-state index is 8.77. The minimum atomic E-state index is 0.144. The predicted octanol–water partition coefficient (Wildman–Crippen LogP) is 1.06. The van der Waals surface area contributed by atoms with Crippen molar-refractivity contribution in [2.45, 2.75) is 40.2 Å². The zero-order valence-electron chi connectivity index (χ0n) is 10.1. The predicted molar refractivity (Wildman–Crippen MR) is 61.2 cm³/mol. The average Bonchev–Trinajstić information content (AvgIpc) is 2.11. The van der Waals surface area contributed by atoms with Gasteiger partial charge in [-0.3, -0.25) is 0 Å². The van der Waals surface area contributed by atoms with E-state index >= 15 is 0 Å². The molecule has 0 aliphatic heterocycles. The van der Waals surface area contributed by atoms with Gasteiger partial charge in [-0.1, -0.05) is 20.8 Å². The van der Waals surface area contributed by atoms with Gasteiger partial charge in [-0.25, -0.2) is 0 Å². The van der Waals surface area contributed by atoms with Crippen LogP contribution in [0, 0.1) is 5.41 Å². The molecule has 0 heterocycles. The summed E-state index contributed by atoms with van der Waals surface area (Å²) >= 11 is 0. The van der Waals surface area contributed by atoms with E-state index in [4.69, 9.17) is 10.8 Å². The standard InChI is InChI=1S/C11H26N2O/c1-5-13(7-6-8-14)9-11(3,4)10(2)12/h10,14H,5-9,12H2,1-4H3. The van der Waals surface area contributed by atoms with Crippen molar-refractivity contribution in [2.75, 3.05) is 26.2 Å². The molecule has 0 rings (SSSR count).